The van der Waals surface area contributed by atoms with Gasteiger partial charge in [-0.2, -0.15) is 10.5 Å². The summed E-state index contributed by atoms with van der Waals surface area (Å²) >= 11 is 0. The second kappa shape index (κ2) is 5.98. The number of rotatable bonds is 1. The number of nitriles is 2. The summed E-state index contributed by atoms with van der Waals surface area (Å²) in [5.74, 6) is -0.156. The van der Waals surface area contributed by atoms with Crippen LogP contribution in [0.4, 0.5) is 0 Å². The molecule has 0 unspecified atom stereocenters. The summed E-state index contributed by atoms with van der Waals surface area (Å²) in [6.07, 6.45) is 0. The van der Waals surface area contributed by atoms with Crippen molar-refractivity contribution in [3.63, 3.8) is 0 Å². The molecular formula is C23H10N4O2. The van der Waals surface area contributed by atoms with E-state index in [1.54, 1.807) is 60.7 Å². The van der Waals surface area contributed by atoms with Crippen LogP contribution in [0.15, 0.2) is 65.5 Å². The van der Waals surface area contributed by atoms with E-state index in [1.165, 1.54) is 4.57 Å². The summed E-state index contributed by atoms with van der Waals surface area (Å²) in [5, 5.41) is 18.7. The number of carbonyl (C=O) groups is 1. The maximum absolute atomic E-state index is 13.2. The van der Waals surface area contributed by atoms with E-state index in [0.717, 1.165) is 5.56 Å². The molecule has 0 atom stereocenters. The number of para-hydroxylation sites is 1. The highest BCUT2D eigenvalue weighted by Crippen LogP contribution is 2.28. The number of aromatic nitrogens is 2. The fourth-order valence-corrected chi connectivity index (χ4v) is 3.64. The monoisotopic (exact) mass is 374 g/mol. The van der Waals surface area contributed by atoms with Crippen LogP contribution in [0.5, 0.6) is 0 Å². The number of nitrogens with zero attached hydrogens (tertiary/aromatic N) is 4. The van der Waals surface area contributed by atoms with Crippen LogP contribution in [0.1, 0.15) is 27.3 Å². The van der Waals surface area contributed by atoms with Gasteiger partial charge in [0.1, 0.15) is 12.1 Å². The van der Waals surface area contributed by atoms with Gasteiger partial charge in [0.25, 0.3) is 5.56 Å². The highest BCUT2D eigenvalue weighted by Gasteiger charge is 2.29. The highest BCUT2D eigenvalue weighted by atomic mass is 16.1. The molecule has 0 saturated heterocycles. The van der Waals surface area contributed by atoms with E-state index in [0.29, 0.717) is 33.3 Å². The highest BCUT2D eigenvalue weighted by molar-refractivity contribution is 6.13. The summed E-state index contributed by atoms with van der Waals surface area (Å²) in [6.45, 7) is 0. The second-order valence-electron chi connectivity index (χ2n) is 6.64. The number of hydrogen-bond acceptors (Lipinski definition) is 5. The number of fused-ring (bicyclic) bond motifs is 4. The van der Waals surface area contributed by atoms with Gasteiger partial charge >= 0.3 is 0 Å². The third-order valence-electron chi connectivity index (χ3n) is 5.05. The molecule has 0 N–H and O–H groups in total. The molecule has 2 heterocycles. The van der Waals surface area contributed by atoms with Crippen molar-refractivity contribution in [3.05, 3.63) is 93.5 Å². The number of hydrogen-bond donors (Lipinski definition) is 0. The van der Waals surface area contributed by atoms with Crippen LogP contribution >= 0.6 is 0 Å². The number of carbonyl (C=O) groups excluding carboxylic acids is 1. The SMILES string of the molecule is N#Cc1ccc(-c2ccc3nc4n(c(=O)c3c2)-c2ccccc2C4=O)cc1C#N. The molecule has 1 aliphatic rings. The van der Waals surface area contributed by atoms with Crippen molar-refractivity contribution < 1.29 is 4.79 Å². The molecule has 6 heteroatoms. The molecule has 29 heavy (non-hydrogen) atoms. The van der Waals surface area contributed by atoms with Crippen LogP contribution in [0, 0.1) is 22.7 Å². The Bertz CT molecular complexity index is 1520. The quantitative estimate of drug-likeness (QED) is 0.448. The minimum atomic E-state index is -0.320. The normalized spacial score (nSPS) is 11.6. The topological polar surface area (TPSA) is 99.5 Å². The van der Waals surface area contributed by atoms with Crippen LogP contribution in [0.3, 0.4) is 0 Å². The van der Waals surface area contributed by atoms with E-state index in [9.17, 15) is 14.9 Å². The van der Waals surface area contributed by atoms with Crippen LogP contribution < -0.4 is 5.56 Å². The lowest BCUT2D eigenvalue weighted by atomic mass is 9.99. The lowest BCUT2D eigenvalue weighted by Gasteiger charge is -2.08. The average molecular weight is 374 g/mol. The van der Waals surface area contributed by atoms with Crippen molar-refractivity contribution in [3.8, 4) is 29.0 Å². The molecule has 0 saturated carbocycles. The zero-order valence-electron chi connectivity index (χ0n) is 14.9. The summed E-state index contributed by atoms with van der Waals surface area (Å²) in [7, 11) is 0. The first-order valence-corrected chi connectivity index (χ1v) is 8.78. The van der Waals surface area contributed by atoms with Crippen LogP contribution in [-0.2, 0) is 0 Å². The van der Waals surface area contributed by atoms with Crippen molar-refractivity contribution in [2.75, 3.05) is 0 Å². The van der Waals surface area contributed by atoms with Gasteiger partial charge in [-0.1, -0.05) is 24.3 Å². The van der Waals surface area contributed by atoms with E-state index in [2.05, 4.69) is 4.98 Å². The van der Waals surface area contributed by atoms with Gasteiger partial charge < -0.3 is 0 Å². The van der Waals surface area contributed by atoms with Gasteiger partial charge in [-0.3, -0.25) is 14.2 Å². The van der Waals surface area contributed by atoms with Gasteiger partial charge in [0.15, 0.2) is 5.82 Å². The first kappa shape index (κ1) is 16.6. The Morgan fingerprint density at radius 1 is 0.828 bits per heavy atom. The lowest BCUT2D eigenvalue weighted by Crippen LogP contribution is -2.21. The number of ketones is 1. The molecule has 1 aliphatic heterocycles. The van der Waals surface area contributed by atoms with Crippen molar-refractivity contribution in [2.45, 2.75) is 0 Å². The van der Waals surface area contributed by atoms with Gasteiger partial charge in [0, 0.05) is 0 Å². The molecule has 0 bridgehead atoms. The molecule has 0 amide bonds. The van der Waals surface area contributed by atoms with Gasteiger partial charge in [-0.25, -0.2) is 4.98 Å². The van der Waals surface area contributed by atoms with Gasteiger partial charge in [0.05, 0.1) is 33.3 Å². The predicted octanol–water partition coefficient (Wildman–Crippen LogP) is 3.34. The fourth-order valence-electron chi connectivity index (χ4n) is 3.64. The maximum atomic E-state index is 13.2. The van der Waals surface area contributed by atoms with E-state index >= 15 is 0 Å². The first-order chi connectivity index (χ1) is 14.1. The molecule has 6 nitrogen and oxygen atoms in total. The summed E-state index contributed by atoms with van der Waals surface area (Å²) in [5.41, 5.74) is 3.10. The summed E-state index contributed by atoms with van der Waals surface area (Å²) in [4.78, 5) is 30.3. The van der Waals surface area contributed by atoms with Crippen LogP contribution in [0.2, 0.25) is 0 Å². The molecule has 134 valence electrons. The third-order valence-corrected chi connectivity index (χ3v) is 5.05. The lowest BCUT2D eigenvalue weighted by molar-refractivity contribution is 0.103. The van der Waals surface area contributed by atoms with Crippen LogP contribution in [-0.4, -0.2) is 15.3 Å². The molecule has 0 spiro atoms. The largest absolute Gasteiger partial charge is 0.285 e. The molecule has 5 rings (SSSR count). The molecule has 0 fully saturated rings. The minimum absolute atomic E-state index is 0.113. The van der Waals surface area contributed by atoms with Crippen molar-refractivity contribution in [1.82, 2.24) is 9.55 Å². The van der Waals surface area contributed by atoms with Crippen molar-refractivity contribution in [1.29, 1.82) is 10.5 Å². The standard InChI is InChI=1S/C23H10N4O2/c24-11-15-6-5-13(9-16(15)12-25)14-7-8-19-18(10-14)23(29)27-20-4-2-1-3-17(20)21(28)22(27)26-19/h1-10H. The van der Waals surface area contributed by atoms with Crippen LogP contribution in [0.25, 0.3) is 27.7 Å². The zero-order valence-corrected chi connectivity index (χ0v) is 14.9. The Balaban J connectivity index is 1.76. The Morgan fingerprint density at radius 3 is 2.34 bits per heavy atom. The average Bonchev–Trinajstić information content (AvgIpc) is 3.05. The summed E-state index contributed by atoms with van der Waals surface area (Å²) < 4.78 is 1.35. The molecule has 3 aromatic carbocycles. The van der Waals surface area contributed by atoms with Gasteiger partial charge in [-0.05, 0) is 47.5 Å². The molecule has 0 aliphatic carbocycles. The zero-order chi connectivity index (χ0) is 20.1. The second-order valence-corrected chi connectivity index (χ2v) is 6.64. The first-order valence-electron chi connectivity index (χ1n) is 8.78. The Morgan fingerprint density at radius 2 is 1.55 bits per heavy atom. The van der Waals surface area contributed by atoms with Crippen molar-refractivity contribution >= 4 is 16.7 Å². The van der Waals surface area contributed by atoms with Gasteiger partial charge in [0.2, 0.25) is 5.78 Å². The molecule has 1 aromatic heterocycles. The Labute approximate surface area is 164 Å². The maximum Gasteiger partial charge on any atom is 0.266 e. The third kappa shape index (κ3) is 2.30. The predicted molar refractivity (Wildman–Crippen MR) is 106 cm³/mol. The van der Waals surface area contributed by atoms with E-state index < -0.39 is 0 Å². The number of benzene rings is 3. The Kier molecular flexibility index (Phi) is 3.43. The Hall–Kier alpha value is -4.55. The molecule has 0 radical (unpaired) electrons. The van der Waals surface area contributed by atoms with E-state index in [-0.39, 0.29) is 22.7 Å². The minimum Gasteiger partial charge on any atom is -0.285 e. The smallest absolute Gasteiger partial charge is 0.266 e. The molecular weight excluding hydrogens is 364 g/mol. The van der Waals surface area contributed by atoms with E-state index in [1.807, 2.05) is 12.1 Å². The molecule has 4 aromatic rings. The summed E-state index contributed by atoms with van der Waals surface area (Å²) in [6, 6.07) is 21.0. The van der Waals surface area contributed by atoms with E-state index in [4.69, 9.17) is 5.26 Å². The van der Waals surface area contributed by atoms with Gasteiger partial charge in [-0.15, -0.1) is 0 Å². The fraction of sp³-hybridized carbons (Fsp3) is 0. The van der Waals surface area contributed by atoms with Crippen molar-refractivity contribution in [2.24, 2.45) is 0 Å².